The predicted octanol–water partition coefficient (Wildman–Crippen LogP) is 3.31. The number of hydrogen-bond acceptors (Lipinski definition) is 7. The maximum absolute atomic E-state index is 13.8. The highest BCUT2D eigenvalue weighted by Crippen LogP contribution is 2.40. The van der Waals surface area contributed by atoms with Crippen molar-refractivity contribution in [3.63, 3.8) is 0 Å². The zero-order chi connectivity index (χ0) is 24.2. The molecule has 0 aliphatic carbocycles. The second kappa shape index (κ2) is 10.5. The van der Waals surface area contributed by atoms with Crippen LogP contribution in [0.25, 0.3) is 0 Å². The number of methoxy groups -OCH3 is 3. The maximum atomic E-state index is 13.8. The van der Waals surface area contributed by atoms with Crippen molar-refractivity contribution in [1.29, 1.82) is 0 Å². The molecule has 1 aromatic heterocycles. The molecule has 182 valence electrons. The van der Waals surface area contributed by atoms with Crippen LogP contribution in [-0.2, 0) is 20.7 Å². The molecule has 4 rings (SSSR count). The molecule has 0 spiro atoms. The topological polar surface area (TPSA) is 85.4 Å². The van der Waals surface area contributed by atoms with Gasteiger partial charge in [-0.25, -0.2) is 0 Å². The molecule has 1 fully saturated rings. The Morgan fingerprint density at radius 2 is 1.85 bits per heavy atom. The Bertz CT molecular complexity index is 1050. The number of carbonyl (C=O) groups is 3. The van der Waals surface area contributed by atoms with Gasteiger partial charge in [-0.1, -0.05) is 6.07 Å². The lowest BCUT2D eigenvalue weighted by atomic mass is 9.87. The van der Waals surface area contributed by atoms with Gasteiger partial charge in [0, 0.05) is 19.6 Å². The van der Waals surface area contributed by atoms with Crippen LogP contribution in [0.5, 0.6) is 11.5 Å². The van der Waals surface area contributed by atoms with Crippen LogP contribution in [0.2, 0.25) is 0 Å². The predicted molar refractivity (Wildman–Crippen MR) is 127 cm³/mol. The van der Waals surface area contributed by atoms with Crippen molar-refractivity contribution in [2.24, 2.45) is 5.92 Å². The molecular formula is C25H30N2O6S. The summed E-state index contributed by atoms with van der Waals surface area (Å²) in [5.74, 6) is 0.421. The quantitative estimate of drug-likeness (QED) is 0.583. The van der Waals surface area contributed by atoms with Gasteiger partial charge in [0.15, 0.2) is 11.5 Å². The third kappa shape index (κ3) is 4.75. The number of amides is 2. The van der Waals surface area contributed by atoms with E-state index in [0.29, 0.717) is 48.9 Å². The van der Waals surface area contributed by atoms with E-state index in [4.69, 9.17) is 14.2 Å². The minimum absolute atomic E-state index is 0.0283. The molecule has 2 aromatic rings. The van der Waals surface area contributed by atoms with E-state index in [9.17, 15) is 14.4 Å². The summed E-state index contributed by atoms with van der Waals surface area (Å²) in [6, 6.07) is 6.98. The van der Waals surface area contributed by atoms with Gasteiger partial charge in [0.1, 0.15) is 0 Å². The number of carbonyl (C=O) groups excluding carboxylic acids is 3. The first-order valence-corrected chi connectivity index (χ1v) is 12.3. The third-order valence-electron chi connectivity index (χ3n) is 6.66. The summed E-state index contributed by atoms with van der Waals surface area (Å²) < 4.78 is 15.9. The second-order valence-electron chi connectivity index (χ2n) is 8.55. The number of fused-ring (bicyclic) bond motifs is 1. The molecule has 34 heavy (non-hydrogen) atoms. The van der Waals surface area contributed by atoms with Crippen LogP contribution < -0.4 is 9.47 Å². The number of nitrogens with zero attached hydrogens (tertiary/aromatic N) is 2. The summed E-state index contributed by atoms with van der Waals surface area (Å²) in [6.45, 7) is 1.51. The number of hydrogen-bond donors (Lipinski definition) is 0. The van der Waals surface area contributed by atoms with E-state index in [1.807, 2.05) is 29.6 Å². The van der Waals surface area contributed by atoms with Gasteiger partial charge in [0.25, 0.3) is 5.91 Å². The standard InChI is InChI=1S/C25H30N2O6S/c1-31-20-12-16-8-10-27(19(14-23(28)33-3)18(16)13-21(20)32-2)24(29)17-6-4-9-26(15-17)25(30)22-7-5-11-34-22/h5,7,11-13,17,19H,4,6,8-10,14-15H2,1-3H3. The average Bonchev–Trinajstić information content (AvgIpc) is 3.42. The van der Waals surface area contributed by atoms with Crippen molar-refractivity contribution in [3.8, 4) is 11.5 Å². The normalized spacial score (nSPS) is 19.9. The fourth-order valence-corrected chi connectivity index (χ4v) is 5.60. The molecule has 9 heteroatoms. The van der Waals surface area contributed by atoms with E-state index in [0.717, 1.165) is 17.5 Å². The molecule has 0 bridgehead atoms. The number of benzene rings is 1. The van der Waals surface area contributed by atoms with Crippen LogP contribution in [0.3, 0.4) is 0 Å². The number of likely N-dealkylation sites (tertiary alicyclic amines) is 1. The van der Waals surface area contributed by atoms with E-state index in [2.05, 4.69) is 0 Å². The van der Waals surface area contributed by atoms with Gasteiger partial charge in [-0.2, -0.15) is 0 Å². The Balaban J connectivity index is 1.60. The lowest BCUT2D eigenvalue weighted by Crippen LogP contribution is -2.49. The van der Waals surface area contributed by atoms with Gasteiger partial charge in [-0.15, -0.1) is 11.3 Å². The van der Waals surface area contributed by atoms with Gasteiger partial charge in [-0.3, -0.25) is 14.4 Å². The molecule has 0 radical (unpaired) electrons. The largest absolute Gasteiger partial charge is 0.493 e. The van der Waals surface area contributed by atoms with E-state index in [1.54, 1.807) is 24.0 Å². The highest BCUT2D eigenvalue weighted by atomic mass is 32.1. The van der Waals surface area contributed by atoms with Crippen molar-refractivity contribution in [2.75, 3.05) is 41.0 Å². The smallest absolute Gasteiger partial charge is 0.307 e. The van der Waals surface area contributed by atoms with Crippen molar-refractivity contribution in [3.05, 3.63) is 45.6 Å². The fourth-order valence-electron chi connectivity index (χ4n) is 4.91. The van der Waals surface area contributed by atoms with Crippen LogP contribution in [-0.4, -0.2) is 68.5 Å². The van der Waals surface area contributed by atoms with Crippen molar-refractivity contribution in [2.45, 2.75) is 31.7 Å². The van der Waals surface area contributed by atoms with E-state index < -0.39 is 6.04 Å². The molecule has 2 unspecified atom stereocenters. The van der Waals surface area contributed by atoms with Crippen LogP contribution in [0, 0.1) is 5.92 Å². The highest BCUT2D eigenvalue weighted by Gasteiger charge is 2.38. The fraction of sp³-hybridized carbons (Fsp3) is 0.480. The summed E-state index contributed by atoms with van der Waals surface area (Å²) in [5.41, 5.74) is 1.89. The molecular weight excluding hydrogens is 456 g/mol. The van der Waals surface area contributed by atoms with E-state index >= 15 is 0 Å². The molecule has 8 nitrogen and oxygen atoms in total. The van der Waals surface area contributed by atoms with Gasteiger partial charge in [0.2, 0.25) is 5.91 Å². The van der Waals surface area contributed by atoms with Crippen molar-refractivity contribution < 1.29 is 28.6 Å². The Morgan fingerprint density at radius 1 is 1.09 bits per heavy atom. The molecule has 0 N–H and O–H groups in total. The second-order valence-corrected chi connectivity index (χ2v) is 9.50. The molecule has 2 atom stereocenters. The molecule has 1 saturated heterocycles. The monoisotopic (exact) mass is 486 g/mol. The summed E-state index contributed by atoms with van der Waals surface area (Å²) in [6.07, 6.45) is 2.18. The number of esters is 1. The zero-order valence-corrected chi connectivity index (χ0v) is 20.6. The first kappa shape index (κ1) is 24.1. The summed E-state index contributed by atoms with van der Waals surface area (Å²) >= 11 is 1.41. The Labute approximate surface area is 203 Å². The minimum Gasteiger partial charge on any atom is -0.493 e. The van der Waals surface area contributed by atoms with E-state index in [1.165, 1.54) is 18.4 Å². The number of ether oxygens (including phenoxy) is 3. The van der Waals surface area contributed by atoms with Gasteiger partial charge in [-0.05, 0) is 54.0 Å². The third-order valence-corrected chi connectivity index (χ3v) is 7.52. The Kier molecular flexibility index (Phi) is 7.41. The summed E-state index contributed by atoms with van der Waals surface area (Å²) in [4.78, 5) is 43.2. The molecule has 2 aliphatic rings. The molecule has 3 heterocycles. The lowest BCUT2D eigenvalue weighted by Gasteiger charge is -2.41. The van der Waals surface area contributed by atoms with Gasteiger partial charge >= 0.3 is 5.97 Å². The number of thiophene rings is 1. The Morgan fingerprint density at radius 3 is 2.53 bits per heavy atom. The van der Waals surface area contributed by atoms with Crippen LogP contribution in [0.4, 0.5) is 0 Å². The molecule has 2 aliphatic heterocycles. The SMILES string of the molecule is COC(=O)CC1c2cc(OC)c(OC)cc2CCN1C(=O)C1CCCN(C(=O)c2cccs2)C1. The highest BCUT2D eigenvalue weighted by molar-refractivity contribution is 7.12. The molecule has 1 aromatic carbocycles. The summed E-state index contributed by atoms with van der Waals surface area (Å²) in [7, 11) is 4.50. The molecule has 2 amide bonds. The zero-order valence-electron chi connectivity index (χ0n) is 19.7. The average molecular weight is 487 g/mol. The van der Waals surface area contributed by atoms with E-state index in [-0.39, 0.29) is 30.1 Å². The Hall–Kier alpha value is -3.07. The van der Waals surface area contributed by atoms with Crippen molar-refractivity contribution in [1.82, 2.24) is 9.80 Å². The van der Waals surface area contributed by atoms with Gasteiger partial charge < -0.3 is 24.0 Å². The number of piperidine rings is 1. The first-order chi connectivity index (χ1) is 16.5. The maximum Gasteiger partial charge on any atom is 0.307 e. The lowest BCUT2D eigenvalue weighted by molar-refractivity contribution is -0.146. The first-order valence-electron chi connectivity index (χ1n) is 11.4. The number of rotatable bonds is 6. The van der Waals surface area contributed by atoms with Crippen LogP contribution in [0.15, 0.2) is 29.6 Å². The minimum atomic E-state index is -0.466. The van der Waals surface area contributed by atoms with Crippen LogP contribution >= 0.6 is 11.3 Å². The van der Waals surface area contributed by atoms with Crippen molar-refractivity contribution >= 4 is 29.1 Å². The summed E-state index contributed by atoms with van der Waals surface area (Å²) in [5, 5.41) is 1.88. The van der Waals surface area contributed by atoms with Gasteiger partial charge in [0.05, 0.1) is 44.6 Å². The van der Waals surface area contributed by atoms with Crippen LogP contribution in [0.1, 0.15) is 46.1 Å². The molecule has 0 saturated carbocycles.